The van der Waals surface area contributed by atoms with E-state index in [1.165, 1.54) is 0 Å². The van der Waals surface area contributed by atoms with Crippen LogP contribution in [0.2, 0.25) is 0 Å². The van der Waals surface area contributed by atoms with E-state index in [0.717, 1.165) is 37.1 Å². The second-order valence-corrected chi connectivity index (χ2v) is 6.97. The number of hydrogen-bond acceptors (Lipinski definition) is 6. The van der Waals surface area contributed by atoms with Crippen molar-refractivity contribution in [3.8, 4) is 40.5 Å². The first-order valence-electron chi connectivity index (χ1n) is 9.27. The van der Waals surface area contributed by atoms with Crippen molar-refractivity contribution in [2.24, 2.45) is 0 Å². The number of phenolic OH excluding ortho intramolecular Hbond substituents is 1. The van der Waals surface area contributed by atoms with E-state index in [1.54, 1.807) is 24.4 Å². The van der Waals surface area contributed by atoms with Crippen LogP contribution in [0.5, 0.6) is 5.75 Å². The quantitative estimate of drug-likeness (QED) is 0.682. The Morgan fingerprint density at radius 1 is 1.18 bits per heavy atom. The lowest BCUT2D eigenvalue weighted by Gasteiger charge is -2.30. The zero-order valence-electron chi connectivity index (χ0n) is 15.5. The monoisotopic (exact) mass is 374 g/mol. The van der Waals surface area contributed by atoms with Gasteiger partial charge in [0.15, 0.2) is 5.82 Å². The van der Waals surface area contributed by atoms with Crippen LogP contribution in [0.1, 0.15) is 18.9 Å². The largest absolute Gasteiger partial charge is 0.507 e. The van der Waals surface area contributed by atoms with Gasteiger partial charge < -0.3 is 10.8 Å². The third-order valence-corrected chi connectivity index (χ3v) is 5.16. The van der Waals surface area contributed by atoms with Crippen LogP contribution in [0.15, 0.2) is 42.7 Å². The Morgan fingerprint density at radius 2 is 1.96 bits per heavy atom. The van der Waals surface area contributed by atoms with Crippen LogP contribution >= 0.6 is 0 Å². The third-order valence-electron chi connectivity index (χ3n) is 5.16. The van der Waals surface area contributed by atoms with Crippen LogP contribution in [-0.4, -0.2) is 49.6 Å². The average Bonchev–Trinajstić information content (AvgIpc) is 3.20. The fourth-order valence-corrected chi connectivity index (χ4v) is 3.60. The van der Waals surface area contributed by atoms with Gasteiger partial charge in [0.05, 0.1) is 24.5 Å². The first-order chi connectivity index (χ1) is 13.7. The summed E-state index contributed by atoms with van der Waals surface area (Å²) in [5.41, 5.74) is 8.90. The smallest absolute Gasteiger partial charge is 0.154 e. The highest BCUT2D eigenvalue weighted by atomic mass is 16.3. The molecule has 3 aromatic rings. The molecule has 1 aliphatic rings. The van der Waals surface area contributed by atoms with Crippen molar-refractivity contribution in [3.63, 3.8) is 0 Å². The molecular formula is C21H22N6O. The molecule has 0 unspecified atom stereocenters. The minimum Gasteiger partial charge on any atom is -0.507 e. The van der Waals surface area contributed by atoms with Gasteiger partial charge in [-0.1, -0.05) is 18.1 Å². The Hall–Kier alpha value is -3.37. The predicted octanol–water partition coefficient (Wildman–Crippen LogP) is 2.57. The van der Waals surface area contributed by atoms with E-state index in [1.807, 2.05) is 23.0 Å². The lowest BCUT2D eigenvalue weighted by Crippen LogP contribution is -2.34. The molecule has 0 aliphatic carbocycles. The Balaban J connectivity index is 1.58. The maximum absolute atomic E-state index is 10.1. The highest BCUT2D eigenvalue weighted by Gasteiger charge is 2.21. The lowest BCUT2D eigenvalue weighted by molar-refractivity contribution is 0.197. The summed E-state index contributed by atoms with van der Waals surface area (Å²) in [6, 6.07) is 9.22. The van der Waals surface area contributed by atoms with Crippen LogP contribution in [0.4, 0.5) is 5.82 Å². The second kappa shape index (κ2) is 7.71. The normalized spacial score (nSPS) is 15.4. The van der Waals surface area contributed by atoms with Crippen LogP contribution in [0, 0.1) is 12.3 Å². The summed E-state index contributed by atoms with van der Waals surface area (Å²) in [4.78, 5) is 2.28. The molecule has 7 nitrogen and oxygen atoms in total. The first-order valence-corrected chi connectivity index (χ1v) is 9.27. The van der Waals surface area contributed by atoms with Crippen molar-refractivity contribution in [2.75, 3.05) is 25.4 Å². The minimum absolute atomic E-state index is 0.155. The van der Waals surface area contributed by atoms with E-state index in [-0.39, 0.29) is 5.75 Å². The predicted molar refractivity (Wildman–Crippen MR) is 108 cm³/mol. The molecule has 0 bridgehead atoms. The van der Waals surface area contributed by atoms with Gasteiger partial charge in [-0.2, -0.15) is 5.10 Å². The van der Waals surface area contributed by atoms with Gasteiger partial charge in [0, 0.05) is 36.0 Å². The van der Waals surface area contributed by atoms with Crippen molar-refractivity contribution in [2.45, 2.75) is 18.9 Å². The number of likely N-dealkylation sites (tertiary alicyclic amines) is 1. The molecule has 4 rings (SSSR count). The fourth-order valence-electron chi connectivity index (χ4n) is 3.60. The summed E-state index contributed by atoms with van der Waals surface area (Å²) in [5, 5.41) is 22.9. The van der Waals surface area contributed by atoms with Crippen molar-refractivity contribution in [1.82, 2.24) is 24.9 Å². The van der Waals surface area contributed by atoms with Crippen molar-refractivity contribution in [3.05, 3.63) is 42.7 Å². The van der Waals surface area contributed by atoms with Gasteiger partial charge in [-0.3, -0.25) is 9.58 Å². The number of rotatable bonds is 4. The maximum atomic E-state index is 10.1. The Labute approximate surface area is 163 Å². The van der Waals surface area contributed by atoms with Crippen molar-refractivity contribution < 1.29 is 5.11 Å². The highest BCUT2D eigenvalue weighted by molar-refractivity contribution is 5.78. The van der Waals surface area contributed by atoms with E-state index in [0.29, 0.717) is 29.7 Å². The number of phenols is 1. The topological polar surface area (TPSA) is 93.1 Å². The van der Waals surface area contributed by atoms with Gasteiger partial charge in [0.1, 0.15) is 5.75 Å². The highest BCUT2D eigenvalue weighted by Crippen LogP contribution is 2.32. The van der Waals surface area contributed by atoms with Crippen molar-refractivity contribution in [1.29, 1.82) is 0 Å². The average molecular weight is 374 g/mol. The van der Waals surface area contributed by atoms with Crippen LogP contribution in [0.25, 0.3) is 22.4 Å². The lowest BCUT2D eigenvalue weighted by atomic mass is 10.0. The number of hydrogen-bond donors (Lipinski definition) is 2. The molecule has 3 N–H and O–H groups in total. The minimum atomic E-state index is 0.155. The van der Waals surface area contributed by atoms with Gasteiger partial charge in [-0.05, 0) is 31.0 Å². The number of piperidine rings is 1. The summed E-state index contributed by atoms with van der Waals surface area (Å²) in [6.07, 6.45) is 11.2. The number of nitrogens with zero attached hydrogens (tertiary/aromatic N) is 5. The molecule has 1 saturated heterocycles. The standard InChI is InChI=1S/C21H22N6O/c1-2-9-26-10-7-16(8-11-26)27-14-15(13-23-27)18-12-19(24-25-21(18)22)17-5-3-4-6-20(17)28/h1,3-6,12-14,16,28H,7-11H2,(H2,22,25). The Bertz CT molecular complexity index is 1010. The van der Waals surface area contributed by atoms with Gasteiger partial charge in [0.2, 0.25) is 0 Å². The molecule has 142 valence electrons. The van der Waals surface area contributed by atoms with Gasteiger partial charge in [-0.15, -0.1) is 16.6 Å². The Kier molecular flexibility index (Phi) is 4.96. The molecule has 28 heavy (non-hydrogen) atoms. The van der Waals surface area contributed by atoms with E-state index in [4.69, 9.17) is 12.2 Å². The van der Waals surface area contributed by atoms with Crippen LogP contribution in [-0.2, 0) is 0 Å². The molecule has 0 amide bonds. The molecule has 1 aromatic carbocycles. The molecule has 0 atom stereocenters. The van der Waals surface area contributed by atoms with Crippen LogP contribution < -0.4 is 5.73 Å². The number of para-hydroxylation sites is 1. The third kappa shape index (κ3) is 3.55. The summed E-state index contributed by atoms with van der Waals surface area (Å²) in [6.45, 7) is 2.65. The number of terminal acetylenes is 1. The molecule has 0 radical (unpaired) electrons. The van der Waals surface area contributed by atoms with Crippen molar-refractivity contribution >= 4 is 5.82 Å². The molecule has 1 fully saturated rings. The van der Waals surface area contributed by atoms with E-state index in [9.17, 15) is 5.11 Å². The zero-order valence-corrected chi connectivity index (χ0v) is 15.5. The fraction of sp³-hybridized carbons (Fsp3) is 0.286. The van der Waals surface area contributed by atoms with E-state index < -0.39 is 0 Å². The Morgan fingerprint density at radius 3 is 2.71 bits per heavy atom. The molecule has 3 heterocycles. The first kappa shape index (κ1) is 18.0. The molecule has 2 aromatic heterocycles. The molecule has 1 aliphatic heterocycles. The van der Waals surface area contributed by atoms with Gasteiger partial charge in [-0.25, -0.2) is 0 Å². The number of aromatic nitrogens is 4. The van der Waals surface area contributed by atoms with E-state index >= 15 is 0 Å². The maximum Gasteiger partial charge on any atom is 0.154 e. The van der Waals surface area contributed by atoms with Crippen LogP contribution in [0.3, 0.4) is 0 Å². The summed E-state index contributed by atoms with van der Waals surface area (Å²) >= 11 is 0. The molecule has 0 spiro atoms. The molecule has 0 saturated carbocycles. The summed E-state index contributed by atoms with van der Waals surface area (Å²) < 4.78 is 2.00. The van der Waals surface area contributed by atoms with Gasteiger partial charge in [0.25, 0.3) is 0 Å². The zero-order chi connectivity index (χ0) is 19.5. The summed E-state index contributed by atoms with van der Waals surface area (Å²) in [5.74, 6) is 3.20. The molecule has 7 heteroatoms. The SMILES string of the molecule is C#CCN1CCC(n2cc(-c3cc(-c4ccccc4O)nnc3N)cn2)CC1. The van der Waals surface area contributed by atoms with E-state index in [2.05, 4.69) is 26.1 Å². The number of nitrogen functional groups attached to an aromatic ring is 1. The number of anilines is 1. The number of nitrogens with two attached hydrogens (primary N) is 1. The molecular weight excluding hydrogens is 352 g/mol. The number of benzene rings is 1. The van der Waals surface area contributed by atoms with Gasteiger partial charge >= 0.3 is 0 Å². The second-order valence-electron chi connectivity index (χ2n) is 6.97. The number of aromatic hydroxyl groups is 1. The summed E-state index contributed by atoms with van der Waals surface area (Å²) in [7, 11) is 0.